The van der Waals surface area contributed by atoms with E-state index in [4.69, 9.17) is 14.2 Å². The number of ether oxygens (including phenoxy) is 3. The van der Waals surface area contributed by atoms with Crippen LogP contribution in [0, 0.1) is 0 Å². The van der Waals surface area contributed by atoms with Crippen LogP contribution in [0.2, 0.25) is 0 Å². The summed E-state index contributed by atoms with van der Waals surface area (Å²) in [6.07, 6.45) is 0.112. The van der Waals surface area contributed by atoms with Gasteiger partial charge in [-0.15, -0.1) is 0 Å². The molecule has 1 fully saturated rings. The maximum absolute atomic E-state index is 5.96. The standard InChI is InChI=1S/C15H22BrNO3/c1-15(2)10-17-7-12(20-15)9-19-8-11-4-5-14(18-3)13(16)6-11/h4-6,12,17H,7-10H2,1-3H3. The predicted molar refractivity (Wildman–Crippen MR) is 82.2 cm³/mol. The maximum atomic E-state index is 5.96. The molecule has 1 atom stereocenters. The molecule has 20 heavy (non-hydrogen) atoms. The van der Waals surface area contributed by atoms with Gasteiger partial charge in [0.25, 0.3) is 0 Å². The Balaban J connectivity index is 1.79. The minimum Gasteiger partial charge on any atom is -0.496 e. The number of halogens is 1. The molecule has 0 radical (unpaired) electrons. The average molecular weight is 344 g/mol. The third kappa shape index (κ3) is 4.45. The highest BCUT2D eigenvalue weighted by Gasteiger charge is 2.28. The topological polar surface area (TPSA) is 39.7 Å². The van der Waals surface area contributed by atoms with Crippen molar-refractivity contribution in [3.63, 3.8) is 0 Å². The summed E-state index contributed by atoms with van der Waals surface area (Å²) in [4.78, 5) is 0. The van der Waals surface area contributed by atoms with Crippen molar-refractivity contribution in [2.75, 3.05) is 26.8 Å². The number of benzene rings is 1. The summed E-state index contributed by atoms with van der Waals surface area (Å²) in [5.41, 5.74) is 0.996. The zero-order chi connectivity index (χ0) is 14.6. The molecule has 0 aromatic heterocycles. The SMILES string of the molecule is COc1ccc(COCC2CNCC(C)(C)O2)cc1Br. The lowest BCUT2D eigenvalue weighted by atomic mass is 10.1. The zero-order valence-corrected chi connectivity index (χ0v) is 13.8. The highest BCUT2D eigenvalue weighted by atomic mass is 79.9. The van der Waals surface area contributed by atoms with Crippen LogP contribution < -0.4 is 10.1 Å². The Morgan fingerprint density at radius 3 is 2.90 bits per heavy atom. The second-order valence-corrected chi connectivity index (χ2v) is 6.47. The summed E-state index contributed by atoms with van der Waals surface area (Å²) in [5.74, 6) is 0.829. The first-order valence-corrected chi connectivity index (χ1v) is 7.58. The smallest absolute Gasteiger partial charge is 0.133 e. The summed E-state index contributed by atoms with van der Waals surface area (Å²) in [7, 11) is 1.66. The molecule has 0 bridgehead atoms. The van der Waals surface area contributed by atoms with E-state index in [9.17, 15) is 0 Å². The molecule has 1 heterocycles. The third-order valence-electron chi connectivity index (χ3n) is 3.20. The lowest BCUT2D eigenvalue weighted by molar-refractivity contribution is -0.122. The molecular weight excluding hydrogens is 322 g/mol. The average Bonchev–Trinajstić information content (AvgIpc) is 2.38. The summed E-state index contributed by atoms with van der Waals surface area (Å²) in [5, 5.41) is 3.37. The van der Waals surface area contributed by atoms with Crippen LogP contribution in [0.4, 0.5) is 0 Å². The summed E-state index contributed by atoms with van der Waals surface area (Å²) in [6.45, 7) is 7.08. The zero-order valence-electron chi connectivity index (χ0n) is 12.2. The fraction of sp³-hybridized carbons (Fsp3) is 0.600. The number of morpholine rings is 1. The van der Waals surface area contributed by atoms with E-state index in [1.54, 1.807) is 7.11 Å². The first-order chi connectivity index (χ1) is 9.50. The Hall–Kier alpha value is -0.620. The van der Waals surface area contributed by atoms with Gasteiger partial charge < -0.3 is 19.5 Å². The Bertz CT molecular complexity index is 451. The lowest BCUT2D eigenvalue weighted by Crippen LogP contribution is -2.51. The van der Waals surface area contributed by atoms with Gasteiger partial charge >= 0.3 is 0 Å². The number of hydrogen-bond donors (Lipinski definition) is 1. The molecule has 1 aliphatic rings. The van der Waals surface area contributed by atoms with E-state index in [0.717, 1.165) is 28.9 Å². The van der Waals surface area contributed by atoms with Crippen LogP contribution in [0.3, 0.4) is 0 Å². The number of methoxy groups -OCH3 is 1. The first kappa shape index (κ1) is 15.8. The van der Waals surface area contributed by atoms with Crippen LogP contribution >= 0.6 is 15.9 Å². The van der Waals surface area contributed by atoms with Gasteiger partial charge in [0.15, 0.2) is 0 Å². The molecule has 0 aliphatic carbocycles. The quantitative estimate of drug-likeness (QED) is 0.892. The molecule has 1 aromatic rings. The summed E-state index contributed by atoms with van der Waals surface area (Å²) in [6, 6.07) is 5.96. The van der Waals surface area contributed by atoms with Crippen molar-refractivity contribution in [1.29, 1.82) is 0 Å². The molecule has 0 saturated carbocycles. The minimum absolute atomic E-state index is 0.112. The van der Waals surface area contributed by atoms with Gasteiger partial charge in [0.05, 0.1) is 36.5 Å². The molecule has 5 heteroatoms. The monoisotopic (exact) mass is 343 g/mol. The molecule has 1 N–H and O–H groups in total. The predicted octanol–water partition coefficient (Wildman–Crippen LogP) is 2.74. The van der Waals surface area contributed by atoms with E-state index in [-0.39, 0.29) is 11.7 Å². The van der Waals surface area contributed by atoms with Crippen LogP contribution in [0.1, 0.15) is 19.4 Å². The largest absolute Gasteiger partial charge is 0.496 e. The Kier molecular flexibility index (Phi) is 5.43. The number of hydrogen-bond acceptors (Lipinski definition) is 4. The van der Waals surface area contributed by atoms with Gasteiger partial charge in [0.2, 0.25) is 0 Å². The Morgan fingerprint density at radius 1 is 1.45 bits per heavy atom. The van der Waals surface area contributed by atoms with E-state index in [2.05, 4.69) is 35.1 Å². The van der Waals surface area contributed by atoms with Gasteiger partial charge in [-0.1, -0.05) is 6.07 Å². The first-order valence-electron chi connectivity index (χ1n) is 6.79. The van der Waals surface area contributed by atoms with Crippen molar-refractivity contribution >= 4 is 15.9 Å². The van der Waals surface area contributed by atoms with Gasteiger partial charge in [0.1, 0.15) is 5.75 Å². The van der Waals surface area contributed by atoms with Crippen LogP contribution in [0.15, 0.2) is 22.7 Å². The van der Waals surface area contributed by atoms with E-state index in [0.29, 0.717) is 13.2 Å². The van der Waals surface area contributed by atoms with E-state index in [1.807, 2.05) is 18.2 Å². The third-order valence-corrected chi connectivity index (χ3v) is 3.82. The van der Waals surface area contributed by atoms with Crippen molar-refractivity contribution in [2.24, 2.45) is 0 Å². The molecule has 4 nitrogen and oxygen atoms in total. The molecule has 1 saturated heterocycles. The Morgan fingerprint density at radius 2 is 2.25 bits per heavy atom. The van der Waals surface area contributed by atoms with Gasteiger partial charge in [0, 0.05) is 13.1 Å². The van der Waals surface area contributed by atoms with Gasteiger partial charge in [-0.2, -0.15) is 0 Å². The fourth-order valence-electron chi connectivity index (χ4n) is 2.27. The number of rotatable bonds is 5. The fourth-order valence-corrected chi connectivity index (χ4v) is 2.86. The maximum Gasteiger partial charge on any atom is 0.133 e. The van der Waals surface area contributed by atoms with Gasteiger partial charge in [-0.05, 0) is 47.5 Å². The molecule has 1 aromatic carbocycles. The van der Waals surface area contributed by atoms with Crippen molar-refractivity contribution < 1.29 is 14.2 Å². The normalized spacial score (nSPS) is 21.7. The van der Waals surface area contributed by atoms with Crippen molar-refractivity contribution in [2.45, 2.75) is 32.2 Å². The minimum atomic E-state index is -0.116. The molecule has 0 spiro atoms. The van der Waals surface area contributed by atoms with Gasteiger partial charge in [-0.25, -0.2) is 0 Å². The molecule has 1 unspecified atom stereocenters. The molecular formula is C15H22BrNO3. The molecule has 1 aliphatic heterocycles. The highest BCUT2D eigenvalue weighted by Crippen LogP contribution is 2.25. The van der Waals surface area contributed by atoms with Crippen LogP contribution in [-0.4, -0.2) is 38.5 Å². The van der Waals surface area contributed by atoms with E-state index < -0.39 is 0 Å². The molecule has 2 rings (SSSR count). The van der Waals surface area contributed by atoms with E-state index >= 15 is 0 Å². The second kappa shape index (κ2) is 6.89. The van der Waals surface area contributed by atoms with Crippen LogP contribution in [0.25, 0.3) is 0 Å². The van der Waals surface area contributed by atoms with Crippen LogP contribution in [0.5, 0.6) is 5.75 Å². The van der Waals surface area contributed by atoms with Crippen molar-refractivity contribution in [3.8, 4) is 5.75 Å². The molecule has 112 valence electrons. The van der Waals surface area contributed by atoms with Crippen LogP contribution in [-0.2, 0) is 16.1 Å². The summed E-state index contributed by atoms with van der Waals surface area (Å²) < 4.78 is 17.9. The molecule has 0 amide bonds. The highest BCUT2D eigenvalue weighted by molar-refractivity contribution is 9.10. The van der Waals surface area contributed by atoms with Crippen molar-refractivity contribution in [3.05, 3.63) is 28.2 Å². The Labute approximate surface area is 128 Å². The number of nitrogens with one attached hydrogen (secondary N) is 1. The van der Waals surface area contributed by atoms with Gasteiger partial charge in [-0.3, -0.25) is 0 Å². The van der Waals surface area contributed by atoms with E-state index in [1.165, 1.54) is 0 Å². The lowest BCUT2D eigenvalue weighted by Gasteiger charge is -2.36. The second-order valence-electron chi connectivity index (χ2n) is 5.61. The van der Waals surface area contributed by atoms with Crippen molar-refractivity contribution in [1.82, 2.24) is 5.32 Å². The summed E-state index contributed by atoms with van der Waals surface area (Å²) >= 11 is 3.48.